The summed E-state index contributed by atoms with van der Waals surface area (Å²) >= 11 is 0. The Bertz CT molecular complexity index is 885. The van der Waals surface area contributed by atoms with Crippen LogP contribution in [0.5, 0.6) is 5.75 Å². The van der Waals surface area contributed by atoms with Crippen molar-refractivity contribution in [2.24, 2.45) is 0 Å². The molecular formula is C20H23NO3. The van der Waals surface area contributed by atoms with Gasteiger partial charge in [0.1, 0.15) is 16.9 Å². The quantitative estimate of drug-likeness (QED) is 0.525. The zero-order chi connectivity index (χ0) is 16.9. The molecule has 24 heavy (non-hydrogen) atoms. The fourth-order valence-electron chi connectivity index (χ4n) is 2.63. The first-order valence-electron chi connectivity index (χ1n) is 8.51. The van der Waals surface area contributed by atoms with Gasteiger partial charge in [0.15, 0.2) is 0 Å². The molecule has 4 nitrogen and oxygen atoms in total. The van der Waals surface area contributed by atoms with Crippen LogP contribution >= 0.6 is 0 Å². The number of hydrogen-bond donors (Lipinski definition) is 1. The van der Waals surface area contributed by atoms with Crippen LogP contribution in [0.25, 0.3) is 21.9 Å². The van der Waals surface area contributed by atoms with E-state index in [1.54, 1.807) is 18.2 Å². The zero-order valence-corrected chi connectivity index (χ0v) is 14.2. The van der Waals surface area contributed by atoms with E-state index < -0.39 is 0 Å². The Morgan fingerprint density at radius 2 is 1.92 bits per heavy atom. The first kappa shape index (κ1) is 16.5. The highest BCUT2D eigenvalue weighted by atomic mass is 16.5. The van der Waals surface area contributed by atoms with Gasteiger partial charge in [0, 0.05) is 12.1 Å². The molecule has 1 atom stereocenters. The number of rotatable bonds is 7. The molecule has 126 valence electrons. The molecule has 0 saturated heterocycles. The van der Waals surface area contributed by atoms with E-state index in [2.05, 4.69) is 19.2 Å². The van der Waals surface area contributed by atoms with Crippen LogP contribution in [0.2, 0.25) is 0 Å². The molecule has 1 N–H and O–H groups in total. The Kier molecular flexibility index (Phi) is 5.16. The monoisotopic (exact) mass is 325 g/mol. The number of para-hydroxylation sites is 1. The van der Waals surface area contributed by atoms with Gasteiger partial charge >= 0.3 is 0 Å². The van der Waals surface area contributed by atoms with Gasteiger partial charge in [0.25, 0.3) is 0 Å². The minimum Gasteiger partial charge on any atom is -0.493 e. The fraction of sp³-hybridized carbons (Fsp3) is 0.350. The summed E-state index contributed by atoms with van der Waals surface area (Å²) in [6, 6.07) is 13.2. The second-order valence-electron chi connectivity index (χ2n) is 6.05. The Labute approximate surface area is 141 Å². The van der Waals surface area contributed by atoms with Gasteiger partial charge in [0.05, 0.1) is 17.4 Å². The van der Waals surface area contributed by atoms with Crippen molar-refractivity contribution >= 4 is 21.9 Å². The molecule has 0 spiro atoms. The van der Waals surface area contributed by atoms with E-state index >= 15 is 0 Å². The maximum absolute atomic E-state index is 12.5. The second kappa shape index (κ2) is 7.49. The SMILES string of the molecule is CCC(C)NCCCOc1ccc2c(=O)c3ccccc3oc2c1. The van der Waals surface area contributed by atoms with Gasteiger partial charge in [0.2, 0.25) is 5.43 Å². The van der Waals surface area contributed by atoms with Gasteiger partial charge in [-0.1, -0.05) is 19.1 Å². The van der Waals surface area contributed by atoms with Gasteiger partial charge in [-0.25, -0.2) is 0 Å². The van der Waals surface area contributed by atoms with Crippen molar-refractivity contribution in [3.63, 3.8) is 0 Å². The normalized spacial score (nSPS) is 12.6. The van der Waals surface area contributed by atoms with Gasteiger partial charge in [-0.3, -0.25) is 4.79 Å². The van der Waals surface area contributed by atoms with E-state index in [0.717, 1.165) is 25.1 Å². The topological polar surface area (TPSA) is 51.5 Å². The summed E-state index contributed by atoms with van der Waals surface area (Å²) in [6.07, 6.45) is 2.06. The van der Waals surface area contributed by atoms with Crippen LogP contribution in [0.15, 0.2) is 51.7 Å². The Balaban J connectivity index is 1.72. The first-order valence-corrected chi connectivity index (χ1v) is 8.51. The molecule has 1 aromatic heterocycles. The van der Waals surface area contributed by atoms with Gasteiger partial charge < -0.3 is 14.5 Å². The van der Waals surface area contributed by atoms with E-state index in [-0.39, 0.29) is 5.43 Å². The van der Waals surface area contributed by atoms with Crippen molar-refractivity contribution in [2.75, 3.05) is 13.2 Å². The standard InChI is InChI=1S/C20H23NO3/c1-3-14(2)21-11-6-12-23-15-9-10-17-19(13-15)24-18-8-5-4-7-16(18)20(17)22/h4-5,7-10,13-14,21H,3,6,11-12H2,1-2H3. The summed E-state index contributed by atoms with van der Waals surface area (Å²) < 4.78 is 11.6. The van der Waals surface area contributed by atoms with Crippen molar-refractivity contribution in [1.82, 2.24) is 5.32 Å². The van der Waals surface area contributed by atoms with Gasteiger partial charge in [-0.2, -0.15) is 0 Å². The van der Waals surface area contributed by atoms with E-state index in [1.807, 2.05) is 24.3 Å². The second-order valence-corrected chi connectivity index (χ2v) is 6.05. The number of benzene rings is 2. The molecule has 0 aliphatic carbocycles. The first-order chi connectivity index (χ1) is 11.7. The molecule has 0 aliphatic heterocycles. The molecule has 0 radical (unpaired) electrons. The summed E-state index contributed by atoms with van der Waals surface area (Å²) in [6.45, 7) is 5.91. The number of ether oxygens (including phenoxy) is 1. The Hall–Kier alpha value is -2.33. The van der Waals surface area contributed by atoms with E-state index in [9.17, 15) is 4.79 Å². The molecule has 3 rings (SSSR count). The molecule has 4 heteroatoms. The van der Waals surface area contributed by atoms with Crippen LogP contribution in [0.1, 0.15) is 26.7 Å². The van der Waals surface area contributed by atoms with E-state index in [4.69, 9.17) is 9.15 Å². The third-order valence-electron chi connectivity index (χ3n) is 4.24. The summed E-state index contributed by atoms with van der Waals surface area (Å²) in [5.74, 6) is 0.726. The van der Waals surface area contributed by atoms with Crippen molar-refractivity contribution in [1.29, 1.82) is 0 Å². The third kappa shape index (κ3) is 3.60. The van der Waals surface area contributed by atoms with Crippen LogP contribution < -0.4 is 15.5 Å². The van der Waals surface area contributed by atoms with Gasteiger partial charge in [-0.05, 0) is 50.6 Å². The molecule has 1 unspecified atom stereocenters. The third-order valence-corrected chi connectivity index (χ3v) is 4.24. The maximum Gasteiger partial charge on any atom is 0.200 e. The van der Waals surface area contributed by atoms with E-state index in [1.165, 1.54) is 0 Å². The summed E-state index contributed by atoms with van der Waals surface area (Å²) in [4.78, 5) is 12.5. The highest BCUT2D eigenvalue weighted by Gasteiger charge is 2.08. The minimum atomic E-state index is -0.00356. The summed E-state index contributed by atoms with van der Waals surface area (Å²) in [7, 11) is 0. The van der Waals surface area contributed by atoms with Crippen molar-refractivity contribution in [3.8, 4) is 5.75 Å². The molecule has 0 bridgehead atoms. The largest absolute Gasteiger partial charge is 0.493 e. The lowest BCUT2D eigenvalue weighted by Crippen LogP contribution is -2.27. The molecular weight excluding hydrogens is 302 g/mol. The van der Waals surface area contributed by atoms with Crippen LogP contribution in [0.3, 0.4) is 0 Å². The molecule has 1 heterocycles. The number of nitrogens with one attached hydrogen (secondary N) is 1. The molecule has 0 amide bonds. The van der Waals surface area contributed by atoms with Crippen LogP contribution in [-0.2, 0) is 0 Å². The van der Waals surface area contributed by atoms with Crippen molar-refractivity contribution in [3.05, 3.63) is 52.7 Å². The van der Waals surface area contributed by atoms with Crippen LogP contribution in [-0.4, -0.2) is 19.2 Å². The van der Waals surface area contributed by atoms with E-state index in [0.29, 0.717) is 34.6 Å². The lowest BCUT2D eigenvalue weighted by molar-refractivity contribution is 0.305. The van der Waals surface area contributed by atoms with Crippen LogP contribution in [0.4, 0.5) is 0 Å². The zero-order valence-electron chi connectivity index (χ0n) is 14.2. The highest BCUT2D eigenvalue weighted by molar-refractivity contribution is 5.90. The summed E-state index contributed by atoms with van der Waals surface area (Å²) in [5, 5.41) is 4.63. The van der Waals surface area contributed by atoms with Crippen molar-refractivity contribution in [2.45, 2.75) is 32.7 Å². The number of fused-ring (bicyclic) bond motifs is 2. The number of hydrogen-bond acceptors (Lipinski definition) is 4. The predicted molar refractivity (Wildman–Crippen MR) is 97.9 cm³/mol. The molecule has 3 aromatic rings. The molecule has 0 saturated carbocycles. The van der Waals surface area contributed by atoms with Gasteiger partial charge in [-0.15, -0.1) is 0 Å². The Morgan fingerprint density at radius 1 is 1.12 bits per heavy atom. The summed E-state index contributed by atoms with van der Waals surface area (Å²) in [5.41, 5.74) is 1.16. The average molecular weight is 325 g/mol. The minimum absolute atomic E-state index is 0.00356. The van der Waals surface area contributed by atoms with Crippen LogP contribution in [0, 0.1) is 0 Å². The predicted octanol–water partition coefficient (Wildman–Crippen LogP) is 4.10. The van der Waals surface area contributed by atoms with Crippen molar-refractivity contribution < 1.29 is 9.15 Å². The lowest BCUT2D eigenvalue weighted by Gasteiger charge is -2.11. The maximum atomic E-state index is 12.5. The highest BCUT2D eigenvalue weighted by Crippen LogP contribution is 2.22. The Morgan fingerprint density at radius 3 is 2.75 bits per heavy atom. The fourth-order valence-corrected chi connectivity index (χ4v) is 2.63. The lowest BCUT2D eigenvalue weighted by atomic mass is 10.1. The molecule has 0 fully saturated rings. The molecule has 0 aliphatic rings. The molecule has 2 aromatic carbocycles. The smallest absolute Gasteiger partial charge is 0.200 e. The average Bonchev–Trinajstić information content (AvgIpc) is 2.61.